The van der Waals surface area contributed by atoms with Crippen molar-refractivity contribution in [3.05, 3.63) is 34.3 Å². The lowest BCUT2D eigenvalue weighted by atomic mass is 10.2. The summed E-state index contributed by atoms with van der Waals surface area (Å²) in [5.41, 5.74) is 1.05. The van der Waals surface area contributed by atoms with Crippen LogP contribution in [0.25, 0.3) is 0 Å². The van der Waals surface area contributed by atoms with E-state index in [1.165, 1.54) is 0 Å². The van der Waals surface area contributed by atoms with Crippen LogP contribution >= 0.6 is 15.9 Å². The lowest BCUT2D eigenvalue weighted by Crippen LogP contribution is -1.83. The molecule has 0 fully saturated rings. The molecule has 0 unspecified atom stereocenters. The van der Waals surface area contributed by atoms with Crippen molar-refractivity contribution in [2.75, 3.05) is 6.54 Å². The van der Waals surface area contributed by atoms with E-state index >= 15 is 0 Å². The van der Waals surface area contributed by atoms with Crippen molar-refractivity contribution < 1.29 is 0 Å². The van der Waals surface area contributed by atoms with E-state index in [1.54, 1.807) is 6.21 Å². The van der Waals surface area contributed by atoms with Crippen LogP contribution in [0.1, 0.15) is 5.56 Å². The average Bonchev–Trinajstić information content (AvgIpc) is 2.09. The first kappa shape index (κ1) is 9.02. The molecular weight excluding hydrogens is 214 g/mol. The molecule has 0 atom stereocenters. The third-order valence-electron chi connectivity index (χ3n) is 1.32. The van der Waals surface area contributed by atoms with Crippen molar-refractivity contribution in [2.45, 2.75) is 0 Å². The van der Waals surface area contributed by atoms with Crippen LogP contribution in [0, 0.1) is 12.3 Å². The predicted molar refractivity (Wildman–Crippen MR) is 55.4 cm³/mol. The van der Waals surface area contributed by atoms with E-state index in [0.717, 1.165) is 10.0 Å². The SMILES string of the molecule is C#CCN=Cc1ccccc1Br. The molecular formula is C10H8BrN. The van der Waals surface area contributed by atoms with Gasteiger partial charge in [0.1, 0.15) is 0 Å². The Morgan fingerprint density at radius 1 is 1.50 bits per heavy atom. The summed E-state index contributed by atoms with van der Waals surface area (Å²) in [6, 6.07) is 7.87. The van der Waals surface area contributed by atoms with Crippen molar-refractivity contribution in [1.29, 1.82) is 0 Å². The molecule has 2 heteroatoms. The van der Waals surface area contributed by atoms with Crippen LogP contribution in [-0.4, -0.2) is 12.8 Å². The number of terminal acetylenes is 1. The molecule has 0 saturated heterocycles. The van der Waals surface area contributed by atoms with Crippen LogP contribution in [0.5, 0.6) is 0 Å². The van der Waals surface area contributed by atoms with Crippen LogP contribution < -0.4 is 0 Å². The van der Waals surface area contributed by atoms with Crippen molar-refractivity contribution in [3.63, 3.8) is 0 Å². The van der Waals surface area contributed by atoms with E-state index < -0.39 is 0 Å². The lowest BCUT2D eigenvalue weighted by Gasteiger charge is -1.94. The van der Waals surface area contributed by atoms with Crippen LogP contribution in [0.15, 0.2) is 33.7 Å². The normalized spacial score (nSPS) is 10.0. The minimum absolute atomic E-state index is 0.432. The molecule has 0 aliphatic rings. The summed E-state index contributed by atoms with van der Waals surface area (Å²) in [5.74, 6) is 2.44. The fourth-order valence-corrected chi connectivity index (χ4v) is 1.16. The predicted octanol–water partition coefficient (Wildman–Crippen LogP) is 2.50. The van der Waals surface area contributed by atoms with Gasteiger partial charge in [0.15, 0.2) is 0 Å². The van der Waals surface area contributed by atoms with E-state index in [0.29, 0.717) is 6.54 Å². The minimum atomic E-state index is 0.432. The van der Waals surface area contributed by atoms with E-state index in [-0.39, 0.29) is 0 Å². The topological polar surface area (TPSA) is 12.4 Å². The molecule has 0 aliphatic heterocycles. The molecule has 0 bridgehead atoms. The zero-order chi connectivity index (χ0) is 8.81. The van der Waals surface area contributed by atoms with Crippen molar-refractivity contribution >= 4 is 22.1 Å². The molecule has 0 heterocycles. The maximum atomic E-state index is 5.06. The molecule has 1 aromatic rings. The Morgan fingerprint density at radius 2 is 2.25 bits per heavy atom. The fourth-order valence-electron chi connectivity index (χ4n) is 0.776. The Balaban J connectivity index is 2.77. The zero-order valence-electron chi connectivity index (χ0n) is 6.50. The molecule has 0 amide bonds. The summed E-state index contributed by atoms with van der Waals surface area (Å²) in [6.45, 7) is 0.432. The van der Waals surface area contributed by atoms with Gasteiger partial charge in [0.25, 0.3) is 0 Å². The third kappa shape index (κ3) is 2.52. The fraction of sp³-hybridized carbons (Fsp3) is 0.100. The Morgan fingerprint density at radius 3 is 2.92 bits per heavy atom. The highest BCUT2D eigenvalue weighted by Crippen LogP contribution is 2.13. The number of hydrogen-bond acceptors (Lipinski definition) is 1. The molecule has 1 nitrogen and oxygen atoms in total. The van der Waals surface area contributed by atoms with E-state index in [1.807, 2.05) is 24.3 Å². The highest BCUT2D eigenvalue weighted by atomic mass is 79.9. The molecule has 60 valence electrons. The van der Waals surface area contributed by atoms with Gasteiger partial charge in [-0.05, 0) is 6.07 Å². The van der Waals surface area contributed by atoms with Crippen molar-refractivity contribution in [3.8, 4) is 12.3 Å². The second-order valence-electron chi connectivity index (χ2n) is 2.20. The molecule has 0 N–H and O–H groups in total. The maximum absolute atomic E-state index is 5.06. The lowest BCUT2D eigenvalue weighted by molar-refractivity contribution is 1.30. The summed E-state index contributed by atoms with van der Waals surface area (Å²) in [5, 5.41) is 0. The van der Waals surface area contributed by atoms with Gasteiger partial charge in [-0.25, -0.2) is 0 Å². The summed E-state index contributed by atoms with van der Waals surface area (Å²) in [7, 11) is 0. The van der Waals surface area contributed by atoms with E-state index in [9.17, 15) is 0 Å². The molecule has 0 radical (unpaired) electrons. The molecule has 12 heavy (non-hydrogen) atoms. The Bertz CT molecular complexity index is 323. The monoisotopic (exact) mass is 221 g/mol. The molecule has 0 saturated carbocycles. The van der Waals surface area contributed by atoms with Crippen molar-refractivity contribution in [1.82, 2.24) is 0 Å². The summed E-state index contributed by atoms with van der Waals surface area (Å²) < 4.78 is 1.03. The van der Waals surface area contributed by atoms with Crippen LogP contribution in [-0.2, 0) is 0 Å². The first-order valence-electron chi connectivity index (χ1n) is 3.52. The zero-order valence-corrected chi connectivity index (χ0v) is 8.08. The van der Waals surface area contributed by atoms with Gasteiger partial charge in [-0.3, -0.25) is 4.99 Å². The summed E-state index contributed by atoms with van der Waals surface area (Å²) in [4.78, 5) is 4.03. The van der Waals surface area contributed by atoms with Gasteiger partial charge in [0.05, 0.1) is 6.54 Å². The van der Waals surface area contributed by atoms with Crippen LogP contribution in [0.4, 0.5) is 0 Å². The van der Waals surface area contributed by atoms with Gasteiger partial charge in [0.2, 0.25) is 0 Å². The van der Waals surface area contributed by atoms with Gasteiger partial charge < -0.3 is 0 Å². The Kier molecular flexibility index (Phi) is 3.56. The van der Waals surface area contributed by atoms with Gasteiger partial charge in [-0.2, -0.15) is 0 Å². The number of benzene rings is 1. The standard InChI is InChI=1S/C10H8BrN/c1-2-7-12-8-9-5-3-4-6-10(9)11/h1,3-6,8H,7H2. The van der Waals surface area contributed by atoms with Gasteiger partial charge in [-0.15, -0.1) is 6.42 Å². The van der Waals surface area contributed by atoms with Crippen LogP contribution in [0.2, 0.25) is 0 Å². The smallest absolute Gasteiger partial charge is 0.0995 e. The Hall–Kier alpha value is -1.07. The number of aliphatic imine (C=N–C) groups is 1. The molecule has 0 aliphatic carbocycles. The largest absolute Gasteiger partial charge is 0.280 e. The quantitative estimate of drug-likeness (QED) is 0.538. The van der Waals surface area contributed by atoms with E-state index in [4.69, 9.17) is 6.42 Å². The number of halogens is 1. The van der Waals surface area contributed by atoms with Gasteiger partial charge in [0, 0.05) is 16.3 Å². The maximum Gasteiger partial charge on any atom is 0.0995 e. The van der Waals surface area contributed by atoms with Crippen molar-refractivity contribution in [2.24, 2.45) is 4.99 Å². The van der Waals surface area contributed by atoms with Crippen LogP contribution in [0.3, 0.4) is 0 Å². The van der Waals surface area contributed by atoms with Gasteiger partial charge >= 0.3 is 0 Å². The molecule has 0 spiro atoms. The minimum Gasteiger partial charge on any atom is -0.280 e. The van der Waals surface area contributed by atoms with Gasteiger partial charge in [-0.1, -0.05) is 40.0 Å². The van der Waals surface area contributed by atoms with E-state index in [2.05, 4.69) is 26.8 Å². The first-order valence-corrected chi connectivity index (χ1v) is 4.31. The molecule has 1 aromatic carbocycles. The second-order valence-corrected chi connectivity index (χ2v) is 3.05. The third-order valence-corrected chi connectivity index (χ3v) is 2.04. The molecule has 0 aromatic heterocycles. The first-order chi connectivity index (χ1) is 5.84. The average molecular weight is 222 g/mol. The highest BCUT2D eigenvalue weighted by molar-refractivity contribution is 9.10. The highest BCUT2D eigenvalue weighted by Gasteiger charge is 1.91. The second kappa shape index (κ2) is 4.74. The summed E-state index contributed by atoms with van der Waals surface area (Å²) >= 11 is 3.41. The summed E-state index contributed by atoms with van der Waals surface area (Å²) in [6.07, 6.45) is 6.82. The molecule has 1 rings (SSSR count). The Labute approximate surface area is 80.7 Å². The number of nitrogens with zero attached hydrogens (tertiary/aromatic N) is 1. The number of rotatable bonds is 2. The number of hydrogen-bond donors (Lipinski definition) is 0.